The van der Waals surface area contributed by atoms with Gasteiger partial charge < -0.3 is 10.5 Å². The summed E-state index contributed by atoms with van der Waals surface area (Å²) in [7, 11) is 0. The van der Waals surface area contributed by atoms with E-state index in [9.17, 15) is 13.2 Å². The maximum absolute atomic E-state index is 11.9. The minimum Gasteiger partial charge on any atom is -0.493 e. The molecule has 1 aromatic rings. The van der Waals surface area contributed by atoms with Crippen LogP contribution in [0.4, 0.5) is 13.2 Å². The van der Waals surface area contributed by atoms with Gasteiger partial charge in [-0.3, -0.25) is 0 Å². The third-order valence-electron chi connectivity index (χ3n) is 2.54. The summed E-state index contributed by atoms with van der Waals surface area (Å²) in [6.45, 7) is 2.05. The van der Waals surface area contributed by atoms with Gasteiger partial charge in [0.25, 0.3) is 0 Å². The Balaban J connectivity index is 2.40. The zero-order valence-electron chi connectivity index (χ0n) is 10.7. The maximum Gasteiger partial charge on any atom is 0.441 e. The number of ether oxygens (including phenoxy) is 1. The van der Waals surface area contributed by atoms with Gasteiger partial charge in [0.2, 0.25) is 0 Å². The molecule has 0 spiro atoms. The van der Waals surface area contributed by atoms with Gasteiger partial charge in [0.15, 0.2) is 0 Å². The fourth-order valence-corrected chi connectivity index (χ4v) is 1.92. The fraction of sp³-hybridized carbons (Fsp3) is 0.538. The molecule has 1 unspecified atom stereocenters. The van der Waals surface area contributed by atoms with Gasteiger partial charge in [-0.15, -0.1) is 0 Å². The van der Waals surface area contributed by atoms with E-state index in [1.165, 1.54) is 0 Å². The van der Waals surface area contributed by atoms with Crippen LogP contribution in [0.1, 0.15) is 18.9 Å². The molecular formula is C13H18F3NOS. The molecule has 1 atom stereocenters. The van der Waals surface area contributed by atoms with Crippen molar-refractivity contribution in [3.05, 3.63) is 29.8 Å². The summed E-state index contributed by atoms with van der Waals surface area (Å²) in [4.78, 5) is 0. The minimum atomic E-state index is -4.20. The monoisotopic (exact) mass is 293 g/mol. The van der Waals surface area contributed by atoms with Crippen molar-refractivity contribution in [2.75, 3.05) is 12.4 Å². The largest absolute Gasteiger partial charge is 0.493 e. The third-order valence-corrected chi connectivity index (χ3v) is 3.24. The van der Waals surface area contributed by atoms with Gasteiger partial charge in [0.1, 0.15) is 5.75 Å². The quantitative estimate of drug-likeness (QED) is 0.780. The smallest absolute Gasteiger partial charge is 0.441 e. The van der Waals surface area contributed by atoms with Gasteiger partial charge in [0, 0.05) is 11.8 Å². The zero-order chi connectivity index (χ0) is 14.3. The van der Waals surface area contributed by atoms with E-state index in [1.807, 2.05) is 25.1 Å². The summed E-state index contributed by atoms with van der Waals surface area (Å²) < 4.78 is 41.1. The average molecular weight is 293 g/mol. The van der Waals surface area contributed by atoms with Crippen molar-refractivity contribution in [2.45, 2.75) is 31.3 Å². The molecule has 2 N–H and O–H groups in total. The molecule has 0 aliphatic heterocycles. The molecule has 19 heavy (non-hydrogen) atoms. The molecule has 0 heterocycles. The standard InChI is InChI=1S/C13H18F3NOS/c1-2-11(17)8-10-4-3-5-12(9-10)18-6-7-19-13(14,15)16/h3-5,9,11H,2,6-8,17H2,1H3. The van der Waals surface area contributed by atoms with E-state index < -0.39 is 5.51 Å². The molecule has 0 aliphatic carbocycles. The lowest BCUT2D eigenvalue weighted by molar-refractivity contribution is -0.0329. The molecule has 0 aliphatic rings. The molecule has 0 saturated carbocycles. The van der Waals surface area contributed by atoms with E-state index in [-0.39, 0.29) is 30.2 Å². The predicted molar refractivity (Wildman–Crippen MR) is 72.4 cm³/mol. The summed E-state index contributed by atoms with van der Waals surface area (Å²) in [5.74, 6) is 0.478. The van der Waals surface area contributed by atoms with Crippen LogP contribution in [0.2, 0.25) is 0 Å². The highest BCUT2D eigenvalue weighted by atomic mass is 32.2. The van der Waals surface area contributed by atoms with Crippen LogP contribution in [0.3, 0.4) is 0 Å². The van der Waals surface area contributed by atoms with E-state index in [2.05, 4.69) is 0 Å². The van der Waals surface area contributed by atoms with Crippen molar-refractivity contribution in [2.24, 2.45) is 5.73 Å². The number of benzene rings is 1. The highest BCUT2D eigenvalue weighted by Gasteiger charge is 2.27. The van der Waals surface area contributed by atoms with E-state index >= 15 is 0 Å². The molecule has 0 bridgehead atoms. The topological polar surface area (TPSA) is 35.2 Å². The molecule has 108 valence electrons. The van der Waals surface area contributed by atoms with E-state index in [4.69, 9.17) is 10.5 Å². The molecule has 2 nitrogen and oxygen atoms in total. The Morgan fingerprint density at radius 3 is 2.74 bits per heavy atom. The molecule has 0 aromatic heterocycles. The first-order valence-electron chi connectivity index (χ1n) is 6.08. The van der Waals surface area contributed by atoms with Crippen molar-refractivity contribution in [1.29, 1.82) is 0 Å². The molecule has 1 aromatic carbocycles. The lowest BCUT2D eigenvalue weighted by Crippen LogP contribution is -2.21. The molecule has 0 radical (unpaired) electrons. The predicted octanol–water partition coefficient (Wildman–Crippen LogP) is 3.60. The Morgan fingerprint density at radius 1 is 1.37 bits per heavy atom. The van der Waals surface area contributed by atoms with Crippen molar-refractivity contribution >= 4 is 11.8 Å². The second-order valence-electron chi connectivity index (χ2n) is 4.16. The Bertz CT molecular complexity index is 384. The average Bonchev–Trinajstić information content (AvgIpc) is 2.34. The summed E-state index contributed by atoms with van der Waals surface area (Å²) in [6.07, 6.45) is 1.62. The second kappa shape index (κ2) is 7.65. The van der Waals surface area contributed by atoms with Crippen LogP contribution in [-0.4, -0.2) is 23.9 Å². The van der Waals surface area contributed by atoms with Gasteiger partial charge in [-0.05, 0) is 42.3 Å². The summed E-state index contributed by atoms with van der Waals surface area (Å²) in [5, 5.41) is 0. The van der Waals surface area contributed by atoms with E-state index in [0.717, 1.165) is 18.4 Å². The van der Waals surface area contributed by atoms with Crippen LogP contribution in [0.5, 0.6) is 5.75 Å². The number of halogens is 3. The molecule has 0 fully saturated rings. The summed E-state index contributed by atoms with van der Waals surface area (Å²) >= 11 is -0.0737. The van der Waals surface area contributed by atoms with Crippen LogP contribution in [0.25, 0.3) is 0 Å². The Labute approximate surface area is 115 Å². The first-order valence-corrected chi connectivity index (χ1v) is 7.07. The van der Waals surface area contributed by atoms with Crippen LogP contribution in [0.15, 0.2) is 24.3 Å². The number of thioether (sulfide) groups is 1. The molecule has 1 rings (SSSR count). The molecular weight excluding hydrogens is 275 g/mol. The Hall–Kier alpha value is -0.880. The van der Waals surface area contributed by atoms with Crippen molar-refractivity contribution in [1.82, 2.24) is 0 Å². The van der Waals surface area contributed by atoms with Gasteiger partial charge in [-0.25, -0.2) is 0 Å². The zero-order valence-corrected chi connectivity index (χ0v) is 11.6. The minimum absolute atomic E-state index is 0.0352. The normalized spacial score (nSPS) is 13.3. The number of hydrogen-bond acceptors (Lipinski definition) is 3. The molecule has 0 saturated heterocycles. The van der Waals surface area contributed by atoms with Gasteiger partial charge >= 0.3 is 5.51 Å². The van der Waals surface area contributed by atoms with Crippen LogP contribution < -0.4 is 10.5 Å². The molecule has 0 amide bonds. The fourth-order valence-electron chi connectivity index (χ4n) is 1.53. The van der Waals surface area contributed by atoms with Gasteiger partial charge in [0.05, 0.1) is 6.61 Å². The number of nitrogens with two attached hydrogens (primary N) is 1. The first kappa shape index (κ1) is 16.2. The lowest BCUT2D eigenvalue weighted by Gasteiger charge is -2.11. The van der Waals surface area contributed by atoms with Crippen molar-refractivity contribution in [3.63, 3.8) is 0 Å². The lowest BCUT2D eigenvalue weighted by atomic mass is 10.0. The van der Waals surface area contributed by atoms with E-state index in [1.54, 1.807) is 6.07 Å². The third kappa shape index (κ3) is 7.32. The SMILES string of the molecule is CCC(N)Cc1cccc(OCCSC(F)(F)F)c1. The highest BCUT2D eigenvalue weighted by molar-refractivity contribution is 8.00. The van der Waals surface area contributed by atoms with Crippen LogP contribution >= 0.6 is 11.8 Å². The van der Waals surface area contributed by atoms with E-state index in [0.29, 0.717) is 5.75 Å². The van der Waals surface area contributed by atoms with Crippen LogP contribution in [-0.2, 0) is 6.42 Å². The maximum atomic E-state index is 11.9. The Morgan fingerprint density at radius 2 is 2.11 bits per heavy atom. The summed E-state index contributed by atoms with van der Waals surface area (Å²) in [6, 6.07) is 7.42. The van der Waals surface area contributed by atoms with Crippen LogP contribution in [0, 0.1) is 0 Å². The molecule has 6 heteroatoms. The van der Waals surface area contributed by atoms with Crippen molar-refractivity contribution in [3.8, 4) is 5.75 Å². The number of alkyl halides is 3. The van der Waals surface area contributed by atoms with Crippen molar-refractivity contribution < 1.29 is 17.9 Å². The highest BCUT2D eigenvalue weighted by Crippen LogP contribution is 2.29. The second-order valence-corrected chi connectivity index (χ2v) is 5.32. The summed E-state index contributed by atoms with van der Waals surface area (Å²) in [5.41, 5.74) is 2.70. The Kier molecular flexibility index (Phi) is 6.51. The van der Waals surface area contributed by atoms with Gasteiger partial charge in [-0.1, -0.05) is 19.1 Å². The number of hydrogen-bond donors (Lipinski definition) is 1. The first-order chi connectivity index (χ1) is 8.90. The number of rotatable bonds is 7. The van der Waals surface area contributed by atoms with Gasteiger partial charge in [-0.2, -0.15) is 13.2 Å².